The second-order valence-corrected chi connectivity index (χ2v) is 10.4. The summed E-state index contributed by atoms with van der Waals surface area (Å²) in [6.07, 6.45) is 0.656. The Hall–Kier alpha value is -4.55. The van der Waals surface area contributed by atoms with Crippen LogP contribution in [0.5, 0.6) is 5.75 Å². The molecule has 2 aromatic carbocycles. The van der Waals surface area contributed by atoms with Crippen LogP contribution in [0.2, 0.25) is 0 Å². The maximum absolute atomic E-state index is 14.9. The predicted octanol–water partition coefficient (Wildman–Crippen LogP) is 4.36. The van der Waals surface area contributed by atoms with E-state index in [-0.39, 0.29) is 42.6 Å². The van der Waals surface area contributed by atoms with Crippen molar-refractivity contribution in [2.24, 2.45) is 0 Å². The third-order valence-corrected chi connectivity index (χ3v) is 7.65. The number of amides is 1. The van der Waals surface area contributed by atoms with Gasteiger partial charge in [0.15, 0.2) is 5.69 Å². The maximum atomic E-state index is 14.9. The molecule has 0 unspecified atom stereocenters. The molecule has 2 aliphatic rings. The largest absolute Gasteiger partial charge is 0.490 e. The van der Waals surface area contributed by atoms with Gasteiger partial charge in [0.2, 0.25) is 0 Å². The van der Waals surface area contributed by atoms with Gasteiger partial charge in [-0.25, -0.2) is 19.5 Å². The van der Waals surface area contributed by atoms with Crippen molar-refractivity contribution in [3.63, 3.8) is 0 Å². The Morgan fingerprint density at radius 2 is 1.79 bits per heavy atom. The van der Waals surface area contributed by atoms with Crippen LogP contribution in [-0.2, 0) is 12.6 Å². The Morgan fingerprint density at radius 1 is 1.00 bits per heavy atom. The van der Waals surface area contributed by atoms with Crippen LogP contribution < -0.4 is 15.2 Å². The third-order valence-electron chi connectivity index (χ3n) is 7.65. The molecule has 0 atom stereocenters. The van der Waals surface area contributed by atoms with Crippen LogP contribution in [0.25, 0.3) is 10.8 Å². The fraction of sp³-hybridized carbons (Fsp3) is 0.345. The second-order valence-electron chi connectivity index (χ2n) is 10.4. The second kappa shape index (κ2) is 11.0. The highest BCUT2D eigenvalue weighted by atomic mass is 19.4. The fourth-order valence-corrected chi connectivity index (χ4v) is 5.07. The number of hydrogen-bond donors (Lipinski definition) is 1. The first-order chi connectivity index (χ1) is 20.2. The molecule has 1 saturated heterocycles. The highest BCUT2D eigenvalue weighted by Crippen LogP contribution is 2.29. The molecule has 9 nitrogen and oxygen atoms in total. The standard InChI is InChI=1S/C29H26F4N6O3/c30-23-7-4-17(13-24-21-14-19(42-18-2-1-3-18)5-6-20(21)27(40)37-36-24)12-22(23)28(41)39-10-8-38(9-11-39)26-16-34-25(15-35-26)29(31,32)33/h4-7,12,14-16,18H,1-3,8-11,13H2,(H,37,40). The van der Waals surface area contributed by atoms with Crippen LogP contribution >= 0.6 is 0 Å². The molecule has 6 rings (SSSR count). The van der Waals surface area contributed by atoms with Crippen molar-refractivity contribution >= 4 is 22.5 Å². The Morgan fingerprint density at radius 3 is 2.45 bits per heavy atom. The normalized spacial score (nSPS) is 16.0. The van der Waals surface area contributed by atoms with Crippen molar-refractivity contribution < 1.29 is 27.1 Å². The van der Waals surface area contributed by atoms with Crippen LogP contribution in [0.15, 0.2) is 53.6 Å². The van der Waals surface area contributed by atoms with Crippen LogP contribution in [0, 0.1) is 5.82 Å². The van der Waals surface area contributed by atoms with Gasteiger partial charge in [-0.2, -0.15) is 18.3 Å². The minimum Gasteiger partial charge on any atom is -0.490 e. The van der Waals surface area contributed by atoms with Gasteiger partial charge in [0.05, 0.1) is 35.1 Å². The number of nitrogens with one attached hydrogen (secondary N) is 1. The van der Waals surface area contributed by atoms with E-state index in [1.165, 1.54) is 17.0 Å². The number of carbonyl (C=O) groups excluding carboxylic acids is 1. The molecule has 2 aromatic heterocycles. The number of nitrogens with zero attached hydrogens (tertiary/aromatic N) is 5. The lowest BCUT2D eigenvalue weighted by Crippen LogP contribution is -2.49. The zero-order chi connectivity index (χ0) is 29.4. The Bertz CT molecular complexity index is 1680. The van der Waals surface area contributed by atoms with E-state index in [2.05, 4.69) is 20.2 Å². The Balaban J connectivity index is 1.17. The SMILES string of the molecule is O=C(c1cc(Cc2n[nH]c(=O)c3ccc(OC4CCC4)cc23)ccc1F)N1CCN(c2cnc(C(F)(F)F)cn2)CC1. The molecule has 13 heteroatoms. The molecule has 4 aromatic rings. The van der Waals surface area contributed by atoms with Crippen LogP contribution in [0.3, 0.4) is 0 Å². The summed E-state index contributed by atoms with van der Waals surface area (Å²) in [6, 6.07) is 9.54. The lowest BCUT2D eigenvalue weighted by atomic mass is 9.96. The number of alkyl halides is 3. The minimum absolute atomic E-state index is 0.0991. The molecular formula is C29H26F4N6O3. The molecule has 0 bridgehead atoms. The summed E-state index contributed by atoms with van der Waals surface area (Å²) in [7, 11) is 0. The van der Waals surface area contributed by atoms with Gasteiger partial charge < -0.3 is 14.5 Å². The topological polar surface area (TPSA) is 104 Å². The van der Waals surface area contributed by atoms with Crippen LogP contribution in [-0.4, -0.2) is 63.3 Å². The number of carbonyl (C=O) groups is 1. The average Bonchev–Trinajstić information content (AvgIpc) is 2.97. The van der Waals surface area contributed by atoms with E-state index in [0.717, 1.165) is 25.5 Å². The van der Waals surface area contributed by atoms with Crippen molar-refractivity contribution in [1.82, 2.24) is 25.1 Å². The van der Waals surface area contributed by atoms with Gasteiger partial charge in [0.1, 0.15) is 17.4 Å². The molecule has 0 radical (unpaired) electrons. The molecule has 1 saturated carbocycles. The predicted molar refractivity (Wildman–Crippen MR) is 145 cm³/mol. The number of hydrogen-bond acceptors (Lipinski definition) is 7. The molecule has 1 aliphatic heterocycles. The van der Waals surface area contributed by atoms with Gasteiger partial charge in [-0.3, -0.25) is 9.59 Å². The molecule has 42 heavy (non-hydrogen) atoms. The Labute approximate surface area is 237 Å². The van der Waals surface area contributed by atoms with Crippen LogP contribution in [0.4, 0.5) is 23.4 Å². The molecule has 3 heterocycles. The number of H-pyrrole nitrogens is 1. The maximum Gasteiger partial charge on any atom is 0.434 e. The summed E-state index contributed by atoms with van der Waals surface area (Å²) >= 11 is 0. The van der Waals surface area contributed by atoms with Crippen molar-refractivity contribution in [3.05, 3.63) is 87.5 Å². The lowest BCUT2D eigenvalue weighted by molar-refractivity contribution is -0.141. The Kier molecular flexibility index (Phi) is 7.25. The third kappa shape index (κ3) is 5.63. The van der Waals surface area contributed by atoms with Gasteiger partial charge in [-0.05, 0) is 55.2 Å². The first-order valence-corrected chi connectivity index (χ1v) is 13.6. The van der Waals surface area contributed by atoms with Gasteiger partial charge in [-0.15, -0.1) is 0 Å². The molecule has 2 fully saturated rings. The smallest absolute Gasteiger partial charge is 0.434 e. The fourth-order valence-electron chi connectivity index (χ4n) is 5.07. The van der Waals surface area contributed by atoms with E-state index in [4.69, 9.17) is 4.74 Å². The number of aromatic amines is 1. The zero-order valence-electron chi connectivity index (χ0n) is 22.3. The highest BCUT2D eigenvalue weighted by molar-refractivity contribution is 5.95. The average molecular weight is 583 g/mol. The number of piperazine rings is 1. The van der Waals surface area contributed by atoms with E-state index in [9.17, 15) is 27.2 Å². The van der Waals surface area contributed by atoms with Crippen molar-refractivity contribution in [2.75, 3.05) is 31.1 Å². The molecule has 0 spiro atoms. The van der Waals surface area contributed by atoms with Gasteiger partial charge >= 0.3 is 6.18 Å². The van der Waals surface area contributed by atoms with Crippen molar-refractivity contribution in [3.8, 4) is 5.75 Å². The number of ether oxygens (including phenoxy) is 1. The highest BCUT2D eigenvalue weighted by Gasteiger charge is 2.33. The lowest BCUT2D eigenvalue weighted by Gasteiger charge is -2.35. The number of anilines is 1. The van der Waals surface area contributed by atoms with Gasteiger partial charge in [-0.1, -0.05) is 6.07 Å². The summed E-state index contributed by atoms with van der Waals surface area (Å²) in [5, 5.41) is 7.82. The molecule has 1 N–H and O–H groups in total. The van der Waals surface area contributed by atoms with Crippen LogP contribution in [0.1, 0.15) is 46.6 Å². The molecule has 218 valence electrons. The first-order valence-electron chi connectivity index (χ1n) is 13.6. The summed E-state index contributed by atoms with van der Waals surface area (Å²) in [5.41, 5.74) is -0.328. The van der Waals surface area contributed by atoms with E-state index in [1.807, 2.05) is 0 Å². The quantitative estimate of drug-likeness (QED) is 0.337. The van der Waals surface area contributed by atoms with E-state index in [0.29, 0.717) is 47.1 Å². The van der Waals surface area contributed by atoms with Crippen molar-refractivity contribution in [1.29, 1.82) is 0 Å². The first kappa shape index (κ1) is 27.6. The summed E-state index contributed by atoms with van der Waals surface area (Å²) in [6.45, 7) is 1.04. The van der Waals surface area contributed by atoms with Gasteiger partial charge in [0.25, 0.3) is 11.5 Å². The zero-order valence-corrected chi connectivity index (χ0v) is 22.3. The molecular weight excluding hydrogens is 556 g/mol. The number of halogens is 4. The number of aromatic nitrogens is 4. The monoisotopic (exact) mass is 582 g/mol. The number of benzene rings is 2. The minimum atomic E-state index is -4.58. The van der Waals surface area contributed by atoms with E-state index in [1.54, 1.807) is 29.2 Å². The van der Waals surface area contributed by atoms with E-state index < -0.39 is 23.6 Å². The van der Waals surface area contributed by atoms with Crippen molar-refractivity contribution in [2.45, 2.75) is 38.0 Å². The number of fused-ring (bicyclic) bond motifs is 1. The van der Waals surface area contributed by atoms with Gasteiger partial charge in [0, 0.05) is 38.0 Å². The summed E-state index contributed by atoms with van der Waals surface area (Å²) in [5.74, 6) is -0.249. The summed E-state index contributed by atoms with van der Waals surface area (Å²) in [4.78, 5) is 36.2. The van der Waals surface area contributed by atoms with E-state index >= 15 is 0 Å². The molecule has 1 aliphatic carbocycles. The number of rotatable bonds is 6. The summed E-state index contributed by atoms with van der Waals surface area (Å²) < 4.78 is 59.2. The molecule has 1 amide bonds.